The van der Waals surface area contributed by atoms with Gasteiger partial charge in [0, 0.05) is 39.2 Å². The fourth-order valence-electron chi connectivity index (χ4n) is 1.84. The zero-order valence-corrected chi connectivity index (χ0v) is 9.79. The average molecular weight is 222 g/mol. The van der Waals surface area contributed by atoms with Crippen LogP contribution in [-0.2, 0) is 9.47 Å². The van der Waals surface area contributed by atoms with E-state index in [4.69, 9.17) is 21.1 Å². The summed E-state index contributed by atoms with van der Waals surface area (Å²) in [6.07, 6.45) is 1.58. The minimum atomic E-state index is 0.197. The summed E-state index contributed by atoms with van der Waals surface area (Å²) in [5, 5.41) is 0. The second kappa shape index (κ2) is 6.62. The fourth-order valence-corrected chi connectivity index (χ4v) is 2.01. The molecule has 3 nitrogen and oxygen atoms in total. The number of halogens is 1. The van der Waals surface area contributed by atoms with Gasteiger partial charge in [-0.2, -0.15) is 0 Å². The second-order valence-electron chi connectivity index (χ2n) is 3.83. The molecule has 0 N–H and O–H groups in total. The van der Waals surface area contributed by atoms with Crippen LogP contribution in [0, 0.1) is 0 Å². The molecule has 0 amide bonds. The van der Waals surface area contributed by atoms with Gasteiger partial charge in [-0.15, -0.1) is 11.6 Å². The number of rotatable bonds is 5. The molecule has 0 spiro atoms. The van der Waals surface area contributed by atoms with Crippen LogP contribution in [0.15, 0.2) is 0 Å². The Balaban J connectivity index is 2.23. The molecule has 0 saturated carbocycles. The molecule has 1 heterocycles. The van der Waals surface area contributed by atoms with E-state index in [0.29, 0.717) is 12.0 Å². The van der Waals surface area contributed by atoms with E-state index in [1.54, 1.807) is 7.11 Å². The van der Waals surface area contributed by atoms with E-state index >= 15 is 0 Å². The lowest BCUT2D eigenvalue weighted by Crippen LogP contribution is -2.47. The summed E-state index contributed by atoms with van der Waals surface area (Å²) in [7, 11) is 1.74. The zero-order chi connectivity index (χ0) is 10.4. The molecule has 0 bridgehead atoms. The van der Waals surface area contributed by atoms with Crippen LogP contribution in [0.25, 0.3) is 0 Å². The molecule has 0 aromatic rings. The largest absolute Gasteiger partial charge is 0.385 e. The Hall–Kier alpha value is 0.170. The Morgan fingerprint density at radius 1 is 1.50 bits per heavy atom. The highest BCUT2D eigenvalue weighted by Gasteiger charge is 2.23. The first-order chi connectivity index (χ1) is 6.76. The normalized spacial score (nSPS) is 29.4. The predicted molar refractivity (Wildman–Crippen MR) is 58.0 cm³/mol. The van der Waals surface area contributed by atoms with Crippen molar-refractivity contribution in [2.75, 3.05) is 39.2 Å². The Morgan fingerprint density at radius 2 is 2.29 bits per heavy atom. The first kappa shape index (κ1) is 12.2. The van der Waals surface area contributed by atoms with Crippen LogP contribution in [0.3, 0.4) is 0 Å². The molecular weight excluding hydrogens is 202 g/mol. The van der Waals surface area contributed by atoms with Crippen molar-refractivity contribution < 1.29 is 9.47 Å². The Labute approximate surface area is 91.3 Å². The van der Waals surface area contributed by atoms with E-state index in [9.17, 15) is 0 Å². The van der Waals surface area contributed by atoms with Gasteiger partial charge in [0.25, 0.3) is 0 Å². The third kappa shape index (κ3) is 4.13. The van der Waals surface area contributed by atoms with Gasteiger partial charge < -0.3 is 9.47 Å². The Kier molecular flexibility index (Phi) is 5.78. The highest BCUT2D eigenvalue weighted by Crippen LogP contribution is 2.12. The molecule has 0 aromatic carbocycles. The van der Waals surface area contributed by atoms with Crippen molar-refractivity contribution in [1.29, 1.82) is 0 Å². The van der Waals surface area contributed by atoms with Gasteiger partial charge in [0.05, 0.1) is 12.2 Å². The molecule has 4 heteroatoms. The van der Waals surface area contributed by atoms with Gasteiger partial charge in [-0.3, -0.25) is 4.90 Å². The van der Waals surface area contributed by atoms with Gasteiger partial charge in [0.2, 0.25) is 0 Å². The predicted octanol–water partition coefficient (Wildman–Crippen LogP) is 1.35. The van der Waals surface area contributed by atoms with Crippen LogP contribution >= 0.6 is 11.6 Å². The molecule has 0 aliphatic carbocycles. The first-order valence-corrected chi connectivity index (χ1v) is 5.72. The van der Waals surface area contributed by atoms with Gasteiger partial charge >= 0.3 is 0 Å². The summed E-state index contributed by atoms with van der Waals surface area (Å²) >= 11 is 5.80. The second-order valence-corrected chi connectivity index (χ2v) is 4.14. The third-order valence-electron chi connectivity index (χ3n) is 2.40. The summed E-state index contributed by atoms with van der Waals surface area (Å²) in [4.78, 5) is 2.40. The SMILES string of the molecule is COCCCN1CC(C)OC(CCl)C1. The highest BCUT2D eigenvalue weighted by molar-refractivity contribution is 6.18. The molecule has 1 aliphatic rings. The molecule has 0 aromatic heterocycles. The van der Waals surface area contributed by atoms with E-state index in [1.807, 2.05) is 0 Å². The maximum Gasteiger partial charge on any atom is 0.0841 e. The molecule has 1 rings (SSSR count). The van der Waals surface area contributed by atoms with E-state index in [-0.39, 0.29) is 6.10 Å². The topological polar surface area (TPSA) is 21.7 Å². The lowest BCUT2D eigenvalue weighted by atomic mass is 10.2. The van der Waals surface area contributed by atoms with Crippen molar-refractivity contribution in [3.05, 3.63) is 0 Å². The van der Waals surface area contributed by atoms with Crippen LogP contribution in [0.1, 0.15) is 13.3 Å². The van der Waals surface area contributed by atoms with Crippen molar-refractivity contribution in [2.24, 2.45) is 0 Å². The van der Waals surface area contributed by atoms with Gasteiger partial charge in [-0.1, -0.05) is 0 Å². The quantitative estimate of drug-likeness (QED) is 0.517. The van der Waals surface area contributed by atoms with Crippen molar-refractivity contribution in [3.63, 3.8) is 0 Å². The number of hydrogen-bond donors (Lipinski definition) is 0. The van der Waals surface area contributed by atoms with Crippen molar-refractivity contribution in [1.82, 2.24) is 4.90 Å². The monoisotopic (exact) mass is 221 g/mol. The molecule has 1 aliphatic heterocycles. The average Bonchev–Trinajstić information content (AvgIpc) is 2.17. The lowest BCUT2D eigenvalue weighted by Gasteiger charge is -2.36. The minimum absolute atomic E-state index is 0.197. The molecule has 2 unspecified atom stereocenters. The van der Waals surface area contributed by atoms with Gasteiger partial charge in [-0.25, -0.2) is 0 Å². The zero-order valence-electron chi connectivity index (χ0n) is 9.04. The molecule has 2 atom stereocenters. The van der Waals surface area contributed by atoms with E-state index in [2.05, 4.69) is 11.8 Å². The number of ether oxygens (including phenoxy) is 2. The smallest absolute Gasteiger partial charge is 0.0841 e. The molecule has 84 valence electrons. The molecular formula is C10H20ClNO2. The van der Waals surface area contributed by atoms with Gasteiger partial charge in [0.1, 0.15) is 0 Å². The van der Waals surface area contributed by atoms with Crippen molar-refractivity contribution in [2.45, 2.75) is 25.6 Å². The van der Waals surface area contributed by atoms with Crippen LogP contribution in [-0.4, -0.2) is 56.3 Å². The summed E-state index contributed by atoms with van der Waals surface area (Å²) in [5.41, 5.74) is 0. The summed E-state index contributed by atoms with van der Waals surface area (Å²) < 4.78 is 10.7. The first-order valence-electron chi connectivity index (χ1n) is 5.19. The highest BCUT2D eigenvalue weighted by atomic mass is 35.5. The summed E-state index contributed by atoms with van der Waals surface area (Å²) in [6, 6.07) is 0. The summed E-state index contributed by atoms with van der Waals surface area (Å²) in [5.74, 6) is 0.588. The number of morpholine rings is 1. The van der Waals surface area contributed by atoms with Crippen LogP contribution in [0.2, 0.25) is 0 Å². The molecule has 1 fully saturated rings. The maximum atomic E-state index is 5.80. The number of hydrogen-bond acceptors (Lipinski definition) is 3. The standard InChI is InChI=1S/C10H20ClNO2/c1-9-7-12(4-3-5-13-2)8-10(6-11)14-9/h9-10H,3-8H2,1-2H3. The number of alkyl halides is 1. The summed E-state index contributed by atoms with van der Waals surface area (Å²) in [6.45, 7) is 5.98. The number of methoxy groups -OCH3 is 1. The van der Waals surface area contributed by atoms with Gasteiger partial charge in [0.15, 0.2) is 0 Å². The minimum Gasteiger partial charge on any atom is -0.385 e. The van der Waals surface area contributed by atoms with E-state index < -0.39 is 0 Å². The molecule has 0 radical (unpaired) electrons. The fraction of sp³-hybridized carbons (Fsp3) is 1.00. The van der Waals surface area contributed by atoms with Gasteiger partial charge in [-0.05, 0) is 13.3 Å². The van der Waals surface area contributed by atoms with E-state index in [0.717, 1.165) is 32.7 Å². The number of nitrogens with zero attached hydrogens (tertiary/aromatic N) is 1. The lowest BCUT2D eigenvalue weighted by molar-refractivity contribution is -0.0674. The van der Waals surface area contributed by atoms with Crippen molar-refractivity contribution >= 4 is 11.6 Å². The van der Waals surface area contributed by atoms with E-state index in [1.165, 1.54) is 0 Å². The van der Waals surface area contributed by atoms with Crippen LogP contribution < -0.4 is 0 Å². The Morgan fingerprint density at radius 3 is 2.93 bits per heavy atom. The maximum absolute atomic E-state index is 5.80. The molecule has 1 saturated heterocycles. The van der Waals surface area contributed by atoms with Crippen LogP contribution in [0.5, 0.6) is 0 Å². The molecule has 14 heavy (non-hydrogen) atoms. The Bertz CT molecular complexity index is 157. The van der Waals surface area contributed by atoms with Crippen molar-refractivity contribution in [3.8, 4) is 0 Å². The van der Waals surface area contributed by atoms with Crippen LogP contribution in [0.4, 0.5) is 0 Å². The third-order valence-corrected chi connectivity index (χ3v) is 2.74.